The normalized spacial score (nSPS) is 10.4. The molecule has 0 amide bonds. The maximum Gasteiger partial charge on any atom is 0.519 e. The highest BCUT2D eigenvalue weighted by Crippen LogP contribution is 2.16. The maximum absolute atomic E-state index is 11.8. The number of hydrogen-bond donors (Lipinski definition) is 0. The molecule has 2 aromatic carbocycles. The molecule has 0 aliphatic rings. The van der Waals surface area contributed by atoms with E-state index >= 15 is 0 Å². The zero-order valence-electron chi connectivity index (χ0n) is 14.0. The lowest BCUT2D eigenvalue weighted by atomic mass is 10.1. The van der Waals surface area contributed by atoms with Crippen LogP contribution in [0.3, 0.4) is 0 Å². The Morgan fingerprint density at radius 1 is 0.708 bits per heavy atom. The summed E-state index contributed by atoms with van der Waals surface area (Å²) in [5.74, 6) is 0.885. The first-order valence-electron chi connectivity index (χ1n) is 7.76. The Balaban J connectivity index is 1.84. The first-order valence-corrected chi connectivity index (χ1v) is 7.76. The molecule has 0 N–H and O–H groups in total. The summed E-state index contributed by atoms with van der Waals surface area (Å²) in [6.45, 7) is 1.31. The average Bonchev–Trinajstić information content (AvgIpc) is 2.60. The van der Waals surface area contributed by atoms with E-state index in [1.54, 1.807) is 38.5 Å². The van der Waals surface area contributed by atoms with Crippen molar-refractivity contribution in [2.45, 2.75) is 12.8 Å². The Morgan fingerprint density at radius 2 is 1.08 bits per heavy atom. The summed E-state index contributed by atoms with van der Waals surface area (Å²) in [4.78, 5) is 11.8. The molecular formula is C19H22O5. The van der Waals surface area contributed by atoms with Gasteiger partial charge >= 0.3 is 6.16 Å². The Morgan fingerprint density at radius 3 is 1.42 bits per heavy atom. The van der Waals surface area contributed by atoms with E-state index in [2.05, 4.69) is 0 Å². The largest absolute Gasteiger partial charge is 0.519 e. The molecule has 0 saturated heterocycles. The topological polar surface area (TPSA) is 54.0 Å². The summed E-state index contributed by atoms with van der Waals surface area (Å²) in [6, 6.07) is 14.5. The highest BCUT2D eigenvalue weighted by Gasteiger charge is 2.08. The van der Waals surface area contributed by atoms with Crippen molar-refractivity contribution >= 4 is 6.16 Å². The quantitative estimate of drug-likeness (QED) is 0.546. The van der Waals surface area contributed by atoms with Crippen molar-refractivity contribution in [2.24, 2.45) is 0 Å². The molecule has 2 rings (SSSR count). The molecule has 128 valence electrons. The SMILES string of the molecule is COCCc1ccc(OC(=O)Oc2ccc(CCOC)cc2)cc1. The van der Waals surface area contributed by atoms with Gasteiger partial charge in [0.2, 0.25) is 0 Å². The summed E-state index contributed by atoms with van der Waals surface area (Å²) in [6.07, 6.45) is 0.872. The van der Waals surface area contributed by atoms with Crippen molar-refractivity contribution in [3.05, 3.63) is 59.7 Å². The van der Waals surface area contributed by atoms with E-state index in [9.17, 15) is 4.79 Å². The van der Waals surface area contributed by atoms with Gasteiger partial charge in [0, 0.05) is 14.2 Å². The smallest absolute Gasteiger partial charge is 0.395 e. The van der Waals surface area contributed by atoms with Gasteiger partial charge in [0.25, 0.3) is 0 Å². The Hall–Kier alpha value is -2.37. The van der Waals surface area contributed by atoms with Crippen molar-refractivity contribution in [1.82, 2.24) is 0 Å². The lowest BCUT2D eigenvalue weighted by molar-refractivity contribution is 0.152. The van der Waals surface area contributed by atoms with Crippen LogP contribution in [0.5, 0.6) is 11.5 Å². The lowest BCUT2D eigenvalue weighted by Crippen LogP contribution is -2.13. The number of hydrogen-bond acceptors (Lipinski definition) is 5. The minimum absolute atomic E-state index is 0.442. The van der Waals surface area contributed by atoms with Crippen molar-refractivity contribution < 1.29 is 23.7 Å². The third kappa shape index (κ3) is 6.02. The number of benzene rings is 2. The van der Waals surface area contributed by atoms with Gasteiger partial charge < -0.3 is 18.9 Å². The Bertz CT molecular complexity index is 564. The number of ether oxygens (including phenoxy) is 4. The van der Waals surface area contributed by atoms with E-state index < -0.39 is 6.16 Å². The molecule has 0 unspecified atom stereocenters. The maximum atomic E-state index is 11.8. The lowest BCUT2D eigenvalue weighted by Gasteiger charge is -2.07. The number of rotatable bonds is 8. The van der Waals surface area contributed by atoms with Crippen LogP contribution in [0, 0.1) is 0 Å². The minimum Gasteiger partial charge on any atom is -0.395 e. The second-order valence-corrected chi connectivity index (χ2v) is 5.23. The van der Waals surface area contributed by atoms with E-state index in [0.717, 1.165) is 24.0 Å². The highest BCUT2D eigenvalue weighted by molar-refractivity contribution is 5.67. The van der Waals surface area contributed by atoms with Gasteiger partial charge in [-0.05, 0) is 48.2 Å². The van der Waals surface area contributed by atoms with Crippen LogP contribution in [0.25, 0.3) is 0 Å². The molecule has 0 radical (unpaired) electrons. The van der Waals surface area contributed by atoms with Crippen LogP contribution in [-0.4, -0.2) is 33.6 Å². The molecule has 0 fully saturated rings. The van der Waals surface area contributed by atoms with Gasteiger partial charge in [-0.3, -0.25) is 0 Å². The van der Waals surface area contributed by atoms with Crippen LogP contribution in [0.4, 0.5) is 4.79 Å². The predicted molar refractivity (Wildman–Crippen MR) is 90.7 cm³/mol. The zero-order valence-corrected chi connectivity index (χ0v) is 14.0. The molecule has 0 aromatic heterocycles. The van der Waals surface area contributed by atoms with Gasteiger partial charge in [-0.2, -0.15) is 0 Å². The van der Waals surface area contributed by atoms with Crippen LogP contribution < -0.4 is 9.47 Å². The molecule has 24 heavy (non-hydrogen) atoms. The fourth-order valence-electron chi connectivity index (χ4n) is 2.10. The molecule has 0 atom stereocenters. The first kappa shape index (κ1) is 18.0. The monoisotopic (exact) mass is 330 g/mol. The fraction of sp³-hybridized carbons (Fsp3) is 0.316. The van der Waals surface area contributed by atoms with Crippen LogP contribution in [-0.2, 0) is 22.3 Å². The van der Waals surface area contributed by atoms with Gasteiger partial charge in [0.05, 0.1) is 13.2 Å². The summed E-state index contributed by atoms with van der Waals surface area (Å²) in [5.41, 5.74) is 2.23. The van der Waals surface area contributed by atoms with E-state index in [1.165, 1.54) is 0 Å². The number of carbonyl (C=O) groups excluding carboxylic acids is 1. The molecule has 0 aliphatic heterocycles. The summed E-state index contributed by atoms with van der Waals surface area (Å²) < 4.78 is 20.4. The second-order valence-electron chi connectivity index (χ2n) is 5.23. The van der Waals surface area contributed by atoms with Crippen LogP contribution >= 0.6 is 0 Å². The van der Waals surface area contributed by atoms with Crippen molar-refractivity contribution in [2.75, 3.05) is 27.4 Å². The molecule has 0 spiro atoms. The zero-order chi connectivity index (χ0) is 17.2. The number of methoxy groups -OCH3 is 2. The molecule has 0 aliphatic carbocycles. The summed E-state index contributed by atoms with van der Waals surface area (Å²) >= 11 is 0. The van der Waals surface area contributed by atoms with Gasteiger partial charge in [-0.1, -0.05) is 24.3 Å². The van der Waals surface area contributed by atoms with Crippen molar-refractivity contribution in [1.29, 1.82) is 0 Å². The van der Waals surface area contributed by atoms with E-state index in [1.807, 2.05) is 24.3 Å². The van der Waals surface area contributed by atoms with Crippen molar-refractivity contribution in [3.8, 4) is 11.5 Å². The Kier molecular flexibility index (Phi) is 7.26. The number of carbonyl (C=O) groups is 1. The molecule has 5 heteroatoms. The second kappa shape index (κ2) is 9.70. The van der Waals surface area contributed by atoms with Crippen molar-refractivity contribution in [3.63, 3.8) is 0 Å². The summed E-state index contributed by atoms with van der Waals surface area (Å²) in [5, 5.41) is 0. The van der Waals surface area contributed by atoms with Crippen LogP contribution in [0.2, 0.25) is 0 Å². The van der Waals surface area contributed by atoms with E-state index in [0.29, 0.717) is 24.7 Å². The molecule has 5 nitrogen and oxygen atoms in total. The third-order valence-electron chi connectivity index (χ3n) is 3.44. The standard InChI is InChI=1S/C19H22O5/c1-21-13-11-15-3-7-17(8-4-15)23-19(20)24-18-9-5-16(6-10-18)12-14-22-2/h3-10H,11-14H2,1-2H3. The van der Waals surface area contributed by atoms with Crippen LogP contribution in [0.15, 0.2) is 48.5 Å². The average molecular weight is 330 g/mol. The van der Waals surface area contributed by atoms with Gasteiger partial charge in [-0.15, -0.1) is 0 Å². The van der Waals surface area contributed by atoms with Crippen LogP contribution in [0.1, 0.15) is 11.1 Å². The Labute approximate surface area is 142 Å². The highest BCUT2D eigenvalue weighted by atomic mass is 16.7. The van der Waals surface area contributed by atoms with Gasteiger partial charge in [0.1, 0.15) is 11.5 Å². The predicted octanol–water partition coefficient (Wildman–Crippen LogP) is 3.64. The molecule has 0 bridgehead atoms. The van der Waals surface area contributed by atoms with Gasteiger partial charge in [0.15, 0.2) is 0 Å². The fourth-order valence-corrected chi connectivity index (χ4v) is 2.10. The molecule has 0 saturated carbocycles. The van der Waals surface area contributed by atoms with E-state index in [-0.39, 0.29) is 0 Å². The minimum atomic E-state index is -0.760. The van der Waals surface area contributed by atoms with Gasteiger partial charge in [-0.25, -0.2) is 4.79 Å². The first-order chi connectivity index (χ1) is 11.7. The molecule has 2 aromatic rings. The van der Waals surface area contributed by atoms with E-state index in [4.69, 9.17) is 18.9 Å². The molecule has 0 heterocycles. The third-order valence-corrected chi connectivity index (χ3v) is 3.44. The summed E-state index contributed by atoms with van der Waals surface area (Å²) in [7, 11) is 3.33. The molecular weight excluding hydrogens is 308 g/mol.